The van der Waals surface area contributed by atoms with E-state index in [1.54, 1.807) is 13.1 Å². The maximum atomic E-state index is 13.1. The first kappa shape index (κ1) is 14.2. The zero-order valence-corrected chi connectivity index (χ0v) is 10.6. The van der Waals surface area contributed by atoms with Crippen molar-refractivity contribution in [2.45, 2.75) is 6.18 Å². The number of nitrogens with two attached hydrogens (primary N) is 1. The Kier molecular flexibility index (Phi) is 3.57. The van der Waals surface area contributed by atoms with Crippen molar-refractivity contribution in [1.29, 1.82) is 0 Å². The van der Waals surface area contributed by atoms with Gasteiger partial charge < -0.3 is 10.6 Å². The molecule has 0 unspecified atom stereocenters. The van der Waals surface area contributed by atoms with Crippen LogP contribution < -0.4 is 10.6 Å². The van der Waals surface area contributed by atoms with Gasteiger partial charge in [0.25, 0.3) is 0 Å². The summed E-state index contributed by atoms with van der Waals surface area (Å²) in [6.07, 6.45) is -4.52. The second-order valence-corrected chi connectivity index (χ2v) is 4.31. The lowest BCUT2D eigenvalue weighted by Crippen LogP contribution is -2.13. The zero-order chi connectivity index (χ0) is 14.9. The Hall–Kier alpha value is -2.24. The summed E-state index contributed by atoms with van der Waals surface area (Å²) >= 11 is 0. The average molecular weight is 284 g/mol. The minimum Gasteiger partial charge on any atom is -0.398 e. The smallest absolute Gasteiger partial charge is 0.398 e. The maximum absolute atomic E-state index is 13.1. The van der Waals surface area contributed by atoms with Crippen molar-refractivity contribution in [1.82, 2.24) is 0 Å². The summed E-state index contributed by atoms with van der Waals surface area (Å²) < 4.78 is 51.5. The predicted molar refractivity (Wildman–Crippen MR) is 70.3 cm³/mol. The first-order chi connectivity index (χ1) is 9.29. The van der Waals surface area contributed by atoms with Crippen LogP contribution in [0.2, 0.25) is 0 Å². The van der Waals surface area contributed by atoms with E-state index in [0.29, 0.717) is 5.69 Å². The summed E-state index contributed by atoms with van der Waals surface area (Å²) in [5.41, 5.74) is 4.82. The third-order valence-corrected chi connectivity index (χ3v) is 2.93. The van der Waals surface area contributed by atoms with Crippen LogP contribution in [0, 0.1) is 5.82 Å². The summed E-state index contributed by atoms with van der Waals surface area (Å²) in [6, 6.07) is 9.19. The number of nitrogens with zero attached hydrogens (tertiary/aromatic N) is 1. The van der Waals surface area contributed by atoms with Crippen LogP contribution in [0.15, 0.2) is 42.5 Å². The number of benzene rings is 2. The van der Waals surface area contributed by atoms with E-state index in [0.717, 1.165) is 6.07 Å². The second-order valence-electron chi connectivity index (χ2n) is 4.31. The molecule has 0 heterocycles. The molecule has 0 spiro atoms. The molecule has 2 aromatic carbocycles. The molecule has 106 valence electrons. The van der Waals surface area contributed by atoms with Crippen molar-refractivity contribution < 1.29 is 17.6 Å². The van der Waals surface area contributed by atoms with Gasteiger partial charge in [0.2, 0.25) is 0 Å². The van der Waals surface area contributed by atoms with Crippen molar-refractivity contribution in [3.63, 3.8) is 0 Å². The van der Waals surface area contributed by atoms with Gasteiger partial charge in [0.05, 0.1) is 5.56 Å². The lowest BCUT2D eigenvalue weighted by molar-refractivity contribution is -0.136. The number of alkyl halides is 3. The van der Waals surface area contributed by atoms with Gasteiger partial charge >= 0.3 is 6.18 Å². The molecule has 0 radical (unpaired) electrons. The Morgan fingerprint density at radius 2 is 1.65 bits per heavy atom. The molecule has 0 aliphatic carbocycles. The van der Waals surface area contributed by atoms with Crippen LogP contribution in [0.3, 0.4) is 0 Å². The standard InChI is InChI=1S/C14H12F4N2/c1-20(10-4-2-3-9(15)7-10)11-5-6-13(19)12(8-11)14(16,17)18/h2-8H,19H2,1H3. The van der Waals surface area contributed by atoms with Gasteiger partial charge in [-0.15, -0.1) is 0 Å². The van der Waals surface area contributed by atoms with Crippen LogP contribution >= 0.6 is 0 Å². The van der Waals surface area contributed by atoms with Crippen molar-refractivity contribution in [3.05, 3.63) is 53.8 Å². The summed E-state index contributed by atoms with van der Waals surface area (Å²) in [6.45, 7) is 0. The third kappa shape index (κ3) is 2.84. The number of halogens is 4. The number of anilines is 3. The molecule has 2 rings (SSSR count). The molecule has 0 aromatic heterocycles. The molecule has 0 aliphatic rings. The molecule has 0 fully saturated rings. The minimum atomic E-state index is -4.52. The molecule has 0 saturated carbocycles. The second kappa shape index (κ2) is 5.03. The molecule has 0 bridgehead atoms. The molecule has 0 amide bonds. The Morgan fingerprint density at radius 1 is 1.00 bits per heavy atom. The van der Waals surface area contributed by atoms with Crippen molar-refractivity contribution in [2.75, 3.05) is 17.7 Å². The number of rotatable bonds is 2. The van der Waals surface area contributed by atoms with Gasteiger partial charge in [0.1, 0.15) is 5.82 Å². The number of hydrogen-bond acceptors (Lipinski definition) is 2. The SMILES string of the molecule is CN(c1cccc(F)c1)c1ccc(N)c(C(F)(F)F)c1. The fourth-order valence-electron chi connectivity index (χ4n) is 1.83. The number of nitrogen functional groups attached to an aromatic ring is 1. The van der Waals surface area contributed by atoms with E-state index < -0.39 is 17.6 Å². The highest BCUT2D eigenvalue weighted by Crippen LogP contribution is 2.37. The van der Waals surface area contributed by atoms with Gasteiger partial charge in [0, 0.05) is 24.1 Å². The average Bonchev–Trinajstić information content (AvgIpc) is 2.37. The Balaban J connectivity index is 2.43. The summed E-state index contributed by atoms with van der Waals surface area (Å²) in [7, 11) is 1.56. The highest BCUT2D eigenvalue weighted by molar-refractivity contribution is 5.66. The number of hydrogen-bond donors (Lipinski definition) is 1. The van der Waals surface area contributed by atoms with Gasteiger partial charge in [-0.1, -0.05) is 6.07 Å². The predicted octanol–water partition coefficient (Wildman–Crippen LogP) is 4.19. The first-order valence-electron chi connectivity index (χ1n) is 5.75. The third-order valence-electron chi connectivity index (χ3n) is 2.93. The first-order valence-corrected chi connectivity index (χ1v) is 5.75. The lowest BCUT2D eigenvalue weighted by Gasteiger charge is -2.21. The van der Waals surface area contributed by atoms with E-state index in [9.17, 15) is 17.6 Å². The van der Waals surface area contributed by atoms with E-state index >= 15 is 0 Å². The fraction of sp³-hybridized carbons (Fsp3) is 0.143. The molecular formula is C14H12F4N2. The lowest BCUT2D eigenvalue weighted by atomic mass is 10.1. The Labute approximate surface area is 113 Å². The van der Waals surface area contributed by atoms with Gasteiger partial charge in [-0.3, -0.25) is 0 Å². The van der Waals surface area contributed by atoms with Crippen LogP contribution in [-0.4, -0.2) is 7.05 Å². The fourth-order valence-corrected chi connectivity index (χ4v) is 1.83. The largest absolute Gasteiger partial charge is 0.418 e. The van der Waals surface area contributed by atoms with E-state index in [2.05, 4.69) is 0 Å². The van der Waals surface area contributed by atoms with Crippen molar-refractivity contribution >= 4 is 17.1 Å². The molecule has 20 heavy (non-hydrogen) atoms. The minimum absolute atomic E-state index is 0.275. The van der Waals surface area contributed by atoms with Crippen LogP contribution in [0.25, 0.3) is 0 Å². The van der Waals surface area contributed by atoms with E-state index in [1.165, 1.54) is 35.2 Å². The Morgan fingerprint density at radius 3 is 2.25 bits per heavy atom. The van der Waals surface area contributed by atoms with Crippen molar-refractivity contribution in [3.8, 4) is 0 Å². The highest BCUT2D eigenvalue weighted by atomic mass is 19.4. The van der Waals surface area contributed by atoms with Gasteiger partial charge in [-0.25, -0.2) is 4.39 Å². The highest BCUT2D eigenvalue weighted by Gasteiger charge is 2.33. The zero-order valence-electron chi connectivity index (χ0n) is 10.6. The molecule has 0 atom stereocenters. The quantitative estimate of drug-likeness (QED) is 0.661. The summed E-state index contributed by atoms with van der Waals surface area (Å²) in [5, 5.41) is 0. The van der Waals surface area contributed by atoms with Gasteiger partial charge in [-0.05, 0) is 36.4 Å². The molecular weight excluding hydrogens is 272 g/mol. The molecule has 2 N–H and O–H groups in total. The molecule has 6 heteroatoms. The van der Waals surface area contributed by atoms with Crippen LogP contribution in [0.4, 0.5) is 34.6 Å². The van der Waals surface area contributed by atoms with Gasteiger partial charge in [-0.2, -0.15) is 13.2 Å². The van der Waals surface area contributed by atoms with Crippen LogP contribution in [0.5, 0.6) is 0 Å². The van der Waals surface area contributed by atoms with E-state index in [-0.39, 0.29) is 11.4 Å². The summed E-state index contributed by atoms with van der Waals surface area (Å²) in [4.78, 5) is 1.46. The monoisotopic (exact) mass is 284 g/mol. The van der Waals surface area contributed by atoms with Gasteiger partial charge in [0.15, 0.2) is 0 Å². The summed E-state index contributed by atoms with van der Waals surface area (Å²) in [5.74, 6) is -0.458. The van der Waals surface area contributed by atoms with Crippen LogP contribution in [0.1, 0.15) is 5.56 Å². The topological polar surface area (TPSA) is 29.3 Å². The maximum Gasteiger partial charge on any atom is 0.418 e. The molecule has 0 saturated heterocycles. The Bertz CT molecular complexity index is 623. The normalized spacial score (nSPS) is 11.4. The molecule has 2 aromatic rings. The molecule has 2 nitrogen and oxygen atoms in total. The van der Waals surface area contributed by atoms with E-state index in [4.69, 9.17) is 5.73 Å². The van der Waals surface area contributed by atoms with Crippen LogP contribution in [-0.2, 0) is 6.18 Å². The van der Waals surface area contributed by atoms with E-state index in [1.807, 2.05) is 0 Å². The molecule has 0 aliphatic heterocycles. The van der Waals surface area contributed by atoms with Crippen molar-refractivity contribution in [2.24, 2.45) is 0 Å².